The van der Waals surface area contributed by atoms with E-state index < -0.39 is 45.1 Å². The van der Waals surface area contributed by atoms with Gasteiger partial charge in [0.15, 0.2) is 0 Å². The summed E-state index contributed by atoms with van der Waals surface area (Å²) in [4.78, 5) is 25.2. The molecular formula is C32H33N3O10S2. The number of hydrogen-bond donors (Lipinski definition) is 2. The molecule has 15 heteroatoms. The van der Waals surface area contributed by atoms with Crippen molar-refractivity contribution in [3.8, 4) is 11.5 Å². The van der Waals surface area contributed by atoms with Gasteiger partial charge in [-0.2, -0.15) is 0 Å². The van der Waals surface area contributed by atoms with E-state index in [2.05, 4.69) is 0 Å². The maximum Gasteiger partial charge on any atom is 0.324 e. The van der Waals surface area contributed by atoms with Gasteiger partial charge >= 0.3 is 11.9 Å². The Kier molecular flexibility index (Phi) is 10.6. The van der Waals surface area contributed by atoms with Crippen LogP contribution in [-0.2, 0) is 36.2 Å². The first kappa shape index (κ1) is 34.6. The van der Waals surface area contributed by atoms with Crippen molar-refractivity contribution < 1.29 is 46.1 Å². The lowest BCUT2D eigenvalue weighted by Gasteiger charge is -2.31. The zero-order valence-corrected chi connectivity index (χ0v) is 27.3. The number of sulfonamides is 2. The molecule has 248 valence electrons. The van der Waals surface area contributed by atoms with Crippen molar-refractivity contribution >= 4 is 49.0 Å². The molecule has 0 spiro atoms. The second kappa shape index (κ2) is 14.4. The van der Waals surface area contributed by atoms with E-state index >= 15 is 0 Å². The number of carboxylic acid groups (broad SMARTS) is 2. The van der Waals surface area contributed by atoms with Crippen LogP contribution in [0.1, 0.15) is 5.56 Å². The van der Waals surface area contributed by atoms with Gasteiger partial charge in [0.25, 0.3) is 20.0 Å². The number of aliphatic carboxylic acids is 2. The fraction of sp³-hybridized carbons (Fsp3) is 0.188. The number of carbonyl (C=O) groups is 2. The smallest absolute Gasteiger partial charge is 0.324 e. The van der Waals surface area contributed by atoms with E-state index in [1.807, 2.05) is 18.2 Å². The van der Waals surface area contributed by atoms with Gasteiger partial charge in [0.05, 0.1) is 41.1 Å². The molecule has 4 aromatic rings. The van der Waals surface area contributed by atoms with Gasteiger partial charge in [-0.3, -0.25) is 18.2 Å². The molecule has 0 heterocycles. The average molecular weight is 684 g/mol. The molecule has 13 nitrogen and oxygen atoms in total. The number of methoxy groups -OCH3 is 2. The quantitative estimate of drug-likeness (QED) is 0.186. The molecule has 0 bridgehead atoms. The van der Waals surface area contributed by atoms with E-state index in [0.29, 0.717) is 20.1 Å². The Morgan fingerprint density at radius 3 is 1.57 bits per heavy atom. The minimum atomic E-state index is -4.50. The second-order valence-corrected chi connectivity index (χ2v) is 13.9. The molecule has 47 heavy (non-hydrogen) atoms. The summed E-state index contributed by atoms with van der Waals surface area (Å²) in [5, 5.41) is 19.5. The Morgan fingerprint density at radius 1 is 0.638 bits per heavy atom. The molecule has 4 aromatic carbocycles. The Hall–Kier alpha value is -5.28. The first-order valence-electron chi connectivity index (χ1n) is 13.9. The highest BCUT2D eigenvalue weighted by Gasteiger charge is 2.32. The van der Waals surface area contributed by atoms with E-state index in [9.17, 15) is 36.6 Å². The number of anilines is 3. The van der Waals surface area contributed by atoms with Gasteiger partial charge in [0, 0.05) is 13.6 Å². The first-order valence-corrected chi connectivity index (χ1v) is 16.8. The number of nitrogens with zero attached hydrogens (tertiary/aromatic N) is 3. The highest BCUT2D eigenvalue weighted by molar-refractivity contribution is 7.93. The van der Waals surface area contributed by atoms with Crippen molar-refractivity contribution in [2.75, 3.05) is 47.9 Å². The third kappa shape index (κ3) is 7.93. The van der Waals surface area contributed by atoms with Crippen molar-refractivity contribution in [2.24, 2.45) is 0 Å². The minimum Gasteiger partial charge on any atom is -0.497 e. The van der Waals surface area contributed by atoms with Crippen molar-refractivity contribution in [3.63, 3.8) is 0 Å². The van der Waals surface area contributed by atoms with E-state index in [-0.39, 0.29) is 33.4 Å². The van der Waals surface area contributed by atoms with Gasteiger partial charge in [0.1, 0.15) is 24.6 Å². The van der Waals surface area contributed by atoms with Crippen LogP contribution in [0, 0.1) is 0 Å². The third-order valence-corrected chi connectivity index (χ3v) is 10.6. The van der Waals surface area contributed by atoms with Crippen molar-refractivity contribution in [1.29, 1.82) is 0 Å². The summed E-state index contributed by atoms with van der Waals surface area (Å²) in [6.45, 7) is -1.73. The molecule has 0 radical (unpaired) electrons. The summed E-state index contributed by atoms with van der Waals surface area (Å²) in [6, 6.07) is 23.7. The SMILES string of the molecule is COc1ccc(S(=O)(=O)N(CC(=O)O)c2ccc(N(CC(=O)O)S(=O)(=O)c3ccc(OC)cc3)c(N(C)Cc3ccccc3)c2)cc1. The zero-order chi connectivity index (χ0) is 34.4. The molecule has 0 aliphatic heterocycles. The van der Waals surface area contributed by atoms with Gasteiger partial charge in [0.2, 0.25) is 0 Å². The van der Waals surface area contributed by atoms with E-state index in [1.165, 1.54) is 80.9 Å². The summed E-state index contributed by atoms with van der Waals surface area (Å²) < 4.78 is 67.2. The lowest BCUT2D eigenvalue weighted by Crippen LogP contribution is -2.38. The predicted molar refractivity (Wildman–Crippen MR) is 175 cm³/mol. The monoisotopic (exact) mass is 683 g/mol. The van der Waals surface area contributed by atoms with Crippen LogP contribution in [0.3, 0.4) is 0 Å². The Morgan fingerprint density at radius 2 is 1.11 bits per heavy atom. The van der Waals surface area contributed by atoms with Crippen LogP contribution in [-0.4, -0.2) is 73.3 Å². The molecule has 0 aliphatic rings. The van der Waals surface area contributed by atoms with E-state index in [4.69, 9.17) is 9.47 Å². The molecule has 0 amide bonds. The van der Waals surface area contributed by atoms with Gasteiger partial charge in [-0.25, -0.2) is 16.8 Å². The molecule has 0 aromatic heterocycles. The Bertz CT molecular complexity index is 1940. The molecule has 0 aliphatic carbocycles. The molecule has 4 rings (SSSR count). The van der Waals surface area contributed by atoms with Crippen molar-refractivity contribution in [3.05, 3.63) is 103 Å². The summed E-state index contributed by atoms with van der Waals surface area (Å²) in [5.74, 6) is -2.12. The largest absolute Gasteiger partial charge is 0.497 e. The van der Waals surface area contributed by atoms with Gasteiger partial charge in [-0.15, -0.1) is 0 Å². The molecule has 0 unspecified atom stereocenters. The van der Waals surface area contributed by atoms with Gasteiger partial charge in [-0.05, 0) is 72.3 Å². The van der Waals surface area contributed by atoms with Crippen LogP contribution in [0.4, 0.5) is 17.1 Å². The molecule has 0 saturated heterocycles. The fourth-order valence-electron chi connectivity index (χ4n) is 4.74. The maximum absolute atomic E-state index is 14.0. The van der Waals surface area contributed by atoms with Crippen LogP contribution in [0.5, 0.6) is 11.5 Å². The van der Waals surface area contributed by atoms with Crippen LogP contribution in [0.15, 0.2) is 107 Å². The molecule has 0 saturated carbocycles. The topological polar surface area (TPSA) is 171 Å². The Balaban J connectivity index is 1.93. The standard InChI is InChI=1S/C32H33N3O10S2/c1-33(20-23-7-5-4-6-8-23)30-19-24(34(21-31(36)37)46(40,41)27-14-10-25(44-2)11-15-27)9-18-29(30)35(22-32(38)39)47(42,43)28-16-12-26(45-3)13-17-28/h4-19H,20-22H2,1-3H3,(H,36,37)(H,38,39). The summed E-state index contributed by atoms with van der Waals surface area (Å²) in [5.41, 5.74) is 0.744. The van der Waals surface area contributed by atoms with Gasteiger partial charge in [-0.1, -0.05) is 30.3 Å². The van der Waals surface area contributed by atoms with Crippen LogP contribution >= 0.6 is 0 Å². The molecule has 0 atom stereocenters. The van der Waals surface area contributed by atoms with E-state index in [0.717, 1.165) is 5.56 Å². The highest BCUT2D eigenvalue weighted by atomic mass is 32.2. The normalized spacial score (nSPS) is 11.4. The van der Waals surface area contributed by atoms with Crippen molar-refractivity contribution in [1.82, 2.24) is 0 Å². The number of ether oxygens (including phenoxy) is 2. The average Bonchev–Trinajstić information content (AvgIpc) is 3.06. The second-order valence-electron chi connectivity index (χ2n) is 10.2. The van der Waals surface area contributed by atoms with E-state index in [1.54, 1.807) is 24.1 Å². The fourth-order valence-corrected chi connectivity index (χ4v) is 7.57. The van der Waals surface area contributed by atoms with Crippen LogP contribution < -0.4 is 23.0 Å². The third-order valence-electron chi connectivity index (χ3n) is 7.04. The lowest BCUT2D eigenvalue weighted by atomic mass is 10.1. The number of rotatable bonds is 15. The molecule has 0 fully saturated rings. The molecular weight excluding hydrogens is 650 g/mol. The number of carboxylic acids is 2. The zero-order valence-electron chi connectivity index (χ0n) is 25.7. The summed E-state index contributed by atoms with van der Waals surface area (Å²) >= 11 is 0. The number of benzene rings is 4. The number of hydrogen-bond acceptors (Lipinski definition) is 9. The van der Waals surface area contributed by atoms with Crippen LogP contribution in [0.2, 0.25) is 0 Å². The van der Waals surface area contributed by atoms with Gasteiger partial charge < -0.3 is 24.6 Å². The predicted octanol–water partition coefficient (Wildman–Crippen LogP) is 3.90. The highest BCUT2D eigenvalue weighted by Crippen LogP contribution is 2.38. The molecule has 2 N–H and O–H groups in total. The lowest BCUT2D eigenvalue weighted by molar-refractivity contribution is -0.136. The summed E-state index contributed by atoms with van der Waals surface area (Å²) in [6.07, 6.45) is 0. The van der Waals surface area contributed by atoms with Crippen molar-refractivity contribution in [2.45, 2.75) is 16.3 Å². The Labute approximate surface area is 272 Å². The summed E-state index contributed by atoms with van der Waals surface area (Å²) in [7, 11) is -4.52. The maximum atomic E-state index is 14.0. The minimum absolute atomic E-state index is 0.0810. The first-order chi connectivity index (χ1) is 22.3. The van der Waals surface area contributed by atoms with Crippen LogP contribution in [0.25, 0.3) is 0 Å².